The lowest BCUT2D eigenvalue weighted by atomic mass is 10.1. The van der Waals surface area contributed by atoms with Crippen molar-refractivity contribution < 1.29 is 9.94 Å². The van der Waals surface area contributed by atoms with Crippen molar-refractivity contribution in [2.75, 3.05) is 0 Å². The van der Waals surface area contributed by atoms with Crippen LogP contribution in [0.25, 0.3) is 0 Å². The van der Waals surface area contributed by atoms with Crippen LogP contribution in [-0.4, -0.2) is 11.3 Å². The molecule has 0 aromatic heterocycles. The highest BCUT2D eigenvalue weighted by Crippen LogP contribution is 2.35. The predicted molar refractivity (Wildman–Crippen MR) is 58.5 cm³/mol. The molecule has 0 heterocycles. The van der Waals surface area contributed by atoms with Crippen LogP contribution in [0.15, 0.2) is 12.1 Å². The van der Waals surface area contributed by atoms with Gasteiger partial charge >= 0.3 is 0 Å². The quantitative estimate of drug-likeness (QED) is 0.778. The Balaban J connectivity index is 2.29. The molecule has 0 spiro atoms. The molecule has 0 atom stereocenters. The van der Waals surface area contributed by atoms with Crippen LogP contribution >= 0.6 is 11.6 Å². The molecule has 2 rings (SSSR count). The van der Waals surface area contributed by atoms with Crippen LogP contribution in [0, 0.1) is 6.92 Å². The summed E-state index contributed by atoms with van der Waals surface area (Å²) in [5.74, 6) is 0.700. The zero-order chi connectivity index (χ0) is 10.8. The van der Waals surface area contributed by atoms with E-state index in [0.717, 1.165) is 24.0 Å². The smallest absolute Gasteiger partial charge is 0.142 e. The molecule has 1 aliphatic rings. The first-order valence-electron chi connectivity index (χ1n) is 5.03. The standard InChI is InChI=1S/C11H14ClNO2/c1-7-4-8(6-13-14)11(10(12)5-7)15-9-2-3-9/h4-5,9,13-14H,2-3,6H2,1H3. The van der Waals surface area contributed by atoms with Gasteiger partial charge in [0.15, 0.2) is 0 Å². The molecular weight excluding hydrogens is 214 g/mol. The number of benzene rings is 1. The topological polar surface area (TPSA) is 41.5 Å². The van der Waals surface area contributed by atoms with Crippen molar-refractivity contribution in [1.29, 1.82) is 0 Å². The Labute approximate surface area is 94.0 Å². The highest BCUT2D eigenvalue weighted by molar-refractivity contribution is 6.32. The van der Waals surface area contributed by atoms with Crippen LogP contribution in [0.2, 0.25) is 5.02 Å². The number of aryl methyl sites for hydroxylation is 1. The first-order chi connectivity index (χ1) is 7.20. The molecular formula is C11H14ClNO2. The minimum absolute atomic E-state index is 0.308. The predicted octanol–water partition coefficient (Wildman–Crippen LogP) is 2.67. The normalized spacial score (nSPS) is 15.4. The van der Waals surface area contributed by atoms with E-state index < -0.39 is 0 Å². The summed E-state index contributed by atoms with van der Waals surface area (Å²) in [6.45, 7) is 2.32. The second-order valence-electron chi connectivity index (χ2n) is 3.89. The fourth-order valence-electron chi connectivity index (χ4n) is 1.50. The van der Waals surface area contributed by atoms with Crippen LogP contribution in [-0.2, 0) is 6.54 Å². The first-order valence-corrected chi connectivity index (χ1v) is 5.41. The van der Waals surface area contributed by atoms with Gasteiger partial charge in [0.25, 0.3) is 0 Å². The third kappa shape index (κ3) is 2.62. The lowest BCUT2D eigenvalue weighted by Gasteiger charge is -2.13. The molecule has 0 bridgehead atoms. The summed E-state index contributed by atoms with van der Waals surface area (Å²) >= 11 is 6.11. The van der Waals surface area contributed by atoms with Gasteiger partial charge in [0, 0.05) is 12.1 Å². The Morgan fingerprint density at radius 2 is 2.27 bits per heavy atom. The maximum absolute atomic E-state index is 8.73. The minimum atomic E-state index is 0.308. The van der Waals surface area contributed by atoms with Crippen molar-refractivity contribution in [1.82, 2.24) is 5.48 Å². The van der Waals surface area contributed by atoms with Crippen LogP contribution in [0.4, 0.5) is 0 Å². The van der Waals surface area contributed by atoms with Crippen molar-refractivity contribution in [3.63, 3.8) is 0 Å². The molecule has 0 amide bonds. The molecule has 4 heteroatoms. The number of ether oxygens (including phenoxy) is 1. The van der Waals surface area contributed by atoms with E-state index in [1.54, 1.807) is 0 Å². The summed E-state index contributed by atoms with van der Waals surface area (Å²) in [6, 6.07) is 3.84. The molecule has 0 aliphatic heterocycles. The van der Waals surface area contributed by atoms with E-state index in [1.807, 2.05) is 19.1 Å². The summed E-state index contributed by atoms with van der Waals surface area (Å²) in [7, 11) is 0. The second kappa shape index (κ2) is 4.39. The highest BCUT2D eigenvalue weighted by atomic mass is 35.5. The van der Waals surface area contributed by atoms with Crippen LogP contribution < -0.4 is 10.2 Å². The van der Waals surface area contributed by atoms with Crippen molar-refractivity contribution in [3.8, 4) is 5.75 Å². The maximum Gasteiger partial charge on any atom is 0.142 e. The molecule has 0 unspecified atom stereocenters. The van der Waals surface area contributed by atoms with Crippen molar-refractivity contribution >= 4 is 11.6 Å². The van der Waals surface area contributed by atoms with Crippen LogP contribution in [0.3, 0.4) is 0 Å². The molecule has 1 aliphatic carbocycles. The van der Waals surface area contributed by atoms with E-state index in [1.165, 1.54) is 0 Å². The van der Waals surface area contributed by atoms with E-state index in [2.05, 4.69) is 5.48 Å². The summed E-state index contributed by atoms with van der Waals surface area (Å²) < 4.78 is 5.71. The molecule has 82 valence electrons. The largest absolute Gasteiger partial charge is 0.489 e. The van der Waals surface area contributed by atoms with Gasteiger partial charge in [-0.15, -0.1) is 0 Å². The van der Waals surface area contributed by atoms with Gasteiger partial charge in [-0.05, 0) is 31.4 Å². The summed E-state index contributed by atoms with van der Waals surface area (Å²) in [5.41, 5.74) is 4.09. The Morgan fingerprint density at radius 1 is 1.53 bits per heavy atom. The van der Waals surface area contributed by atoms with Crippen LogP contribution in [0.1, 0.15) is 24.0 Å². The number of hydroxylamine groups is 1. The number of hydrogen-bond acceptors (Lipinski definition) is 3. The van der Waals surface area contributed by atoms with Gasteiger partial charge in [-0.2, -0.15) is 0 Å². The molecule has 2 N–H and O–H groups in total. The second-order valence-corrected chi connectivity index (χ2v) is 4.29. The Kier molecular flexibility index (Phi) is 3.14. The first kappa shape index (κ1) is 10.7. The lowest BCUT2D eigenvalue weighted by Crippen LogP contribution is -2.09. The zero-order valence-electron chi connectivity index (χ0n) is 8.59. The fourth-order valence-corrected chi connectivity index (χ4v) is 1.84. The van der Waals surface area contributed by atoms with E-state index in [0.29, 0.717) is 23.4 Å². The molecule has 1 aromatic rings. The van der Waals surface area contributed by atoms with Crippen molar-refractivity contribution in [2.45, 2.75) is 32.4 Å². The van der Waals surface area contributed by atoms with E-state index >= 15 is 0 Å². The SMILES string of the molecule is Cc1cc(Cl)c(OC2CC2)c(CNO)c1. The molecule has 15 heavy (non-hydrogen) atoms. The zero-order valence-corrected chi connectivity index (χ0v) is 9.34. The van der Waals surface area contributed by atoms with E-state index in [4.69, 9.17) is 21.5 Å². The van der Waals surface area contributed by atoms with Gasteiger partial charge in [-0.1, -0.05) is 17.7 Å². The van der Waals surface area contributed by atoms with Gasteiger partial charge in [0.2, 0.25) is 0 Å². The average molecular weight is 228 g/mol. The van der Waals surface area contributed by atoms with E-state index in [-0.39, 0.29) is 0 Å². The number of halogens is 1. The van der Waals surface area contributed by atoms with Gasteiger partial charge in [-0.25, -0.2) is 5.48 Å². The van der Waals surface area contributed by atoms with Gasteiger partial charge < -0.3 is 9.94 Å². The van der Waals surface area contributed by atoms with Gasteiger partial charge in [-0.3, -0.25) is 0 Å². The number of nitrogens with one attached hydrogen (secondary N) is 1. The average Bonchev–Trinajstić information content (AvgIpc) is 2.95. The Morgan fingerprint density at radius 3 is 2.87 bits per heavy atom. The maximum atomic E-state index is 8.73. The molecule has 0 radical (unpaired) electrons. The number of hydrogen-bond donors (Lipinski definition) is 2. The van der Waals surface area contributed by atoms with Gasteiger partial charge in [0.05, 0.1) is 11.1 Å². The molecule has 1 saturated carbocycles. The van der Waals surface area contributed by atoms with Crippen LogP contribution in [0.5, 0.6) is 5.75 Å². The summed E-state index contributed by atoms with van der Waals surface area (Å²) in [5, 5.41) is 9.34. The number of rotatable bonds is 4. The third-order valence-electron chi connectivity index (χ3n) is 2.34. The third-order valence-corrected chi connectivity index (χ3v) is 2.62. The Hall–Kier alpha value is -0.770. The van der Waals surface area contributed by atoms with E-state index in [9.17, 15) is 0 Å². The molecule has 3 nitrogen and oxygen atoms in total. The molecule has 1 aromatic carbocycles. The molecule has 0 saturated heterocycles. The van der Waals surface area contributed by atoms with Crippen molar-refractivity contribution in [2.24, 2.45) is 0 Å². The highest BCUT2D eigenvalue weighted by Gasteiger charge is 2.25. The van der Waals surface area contributed by atoms with Crippen molar-refractivity contribution in [3.05, 3.63) is 28.3 Å². The lowest BCUT2D eigenvalue weighted by molar-refractivity contribution is 0.159. The summed E-state index contributed by atoms with van der Waals surface area (Å²) in [6.07, 6.45) is 2.49. The molecule has 1 fully saturated rings. The Bertz CT molecular complexity index is 364. The van der Waals surface area contributed by atoms with Gasteiger partial charge in [0.1, 0.15) is 5.75 Å². The fraction of sp³-hybridized carbons (Fsp3) is 0.455. The summed E-state index contributed by atoms with van der Waals surface area (Å²) in [4.78, 5) is 0. The minimum Gasteiger partial charge on any atom is -0.489 e. The monoisotopic (exact) mass is 227 g/mol.